The van der Waals surface area contributed by atoms with Gasteiger partial charge in [-0.25, -0.2) is 9.50 Å². The molecular weight excluding hydrogens is 190 g/mol. The second-order valence-corrected chi connectivity index (χ2v) is 4.15. The van der Waals surface area contributed by atoms with Crippen molar-refractivity contribution in [2.75, 3.05) is 11.9 Å². The molecule has 0 aliphatic carbocycles. The number of nitrogens with two attached hydrogens (primary N) is 1. The Labute approximate surface area is 88.3 Å². The summed E-state index contributed by atoms with van der Waals surface area (Å²) in [5, 5.41) is 7.44. The van der Waals surface area contributed by atoms with Crippen molar-refractivity contribution in [2.24, 2.45) is 5.73 Å². The van der Waals surface area contributed by atoms with E-state index in [9.17, 15) is 0 Å². The zero-order valence-corrected chi connectivity index (χ0v) is 8.94. The minimum absolute atomic E-state index is 0.168. The summed E-state index contributed by atoms with van der Waals surface area (Å²) in [6.07, 6.45) is 5.28. The molecule has 0 radical (unpaired) electrons. The van der Waals surface area contributed by atoms with E-state index >= 15 is 0 Å². The largest absolute Gasteiger partial charge is 0.362 e. The summed E-state index contributed by atoms with van der Waals surface area (Å²) >= 11 is 0. The second kappa shape index (κ2) is 3.51. The van der Waals surface area contributed by atoms with Crippen molar-refractivity contribution in [3.05, 3.63) is 24.7 Å². The summed E-state index contributed by atoms with van der Waals surface area (Å²) in [5.41, 5.74) is 6.45. The Bertz CT molecular complexity index is 460. The molecule has 0 fully saturated rings. The molecule has 0 unspecified atom stereocenters. The van der Waals surface area contributed by atoms with E-state index in [1.807, 2.05) is 26.1 Å². The first-order valence-electron chi connectivity index (χ1n) is 4.89. The summed E-state index contributed by atoms with van der Waals surface area (Å²) in [7, 11) is 0. The van der Waals surface area contributed by atoms with Gasteiger partial charge in [0.05, 0.1) is 6.20 Å². The fourth-order valence-corrected chi connectivity index (χ4v) is 1.33. The van der Waals surface area contributed by atoms with Gasteiger partial charge in [0, 0.05) is 24.5 Å². The van der Waals surface area contributed by atoms with Crippen molar-refractivity contribution >= 4 is 11.3 Å². The van der Waals surface area contributed by atoms with E-state index in [4.69, 9.17) is 5.73 Å². The average molecular weight is 205 g/mol. The molecule has 0 amide bonds. The van der Waals surface area contributed by atoms with Crippen LogP contribution in [0.4, 0.5) is 5.82 Å². The Hall–Kier alpha value is -1.62. The number of nitrogens with zero attached hydrogens (tertiary/aromatic N) is 3. The van der Waals surface area contributed by atoms with Crippen molar-refractivity contribution in [2.45, 2.75) is 19.4 Å². The summed E-state index contributed by atoms with van der Waals surface area (Å²) in [4.78, 5) is 4.28. The third kappa shape index (κ3) is 1.92. The van der Waals surface area contributed by atoms with Gasteiger partial charge in [-0.05, 0) is 19.9 Å². The molecule has 0 bridgehead atoms. The van der Waals surface area contributed by atoms with Crippen LogP contribution in [-0.2, 0) is 0 Å². The van der Waals surface area contributed by atoms with Crippen LogP contribution in [0.3, 0.4) is 0 Å². The summed E-state index contributed by atoms with van der Waals surface area (Å²) < 4.78 is 1.78. The van der Waals surface area contributed by atoms with E-state index in [-0.39, 0.29) is 5.54 Å². The lowest BCUT2D eigenvalue weighted by Crippen LogP contribution is -2.39. The maximum atomic E-state index is 5.66. The first-order valence-corrected chi connectivity index (χ1v) is 4.89. The summed E-state index contributed by atoms with van der Waals surface area (Å²) in [6.45, 7) is 4.62. The van der Waals surface area contributed by atoms with Crippen molar-refractivity contribution in [3.63, 3.8) is 0 Å². The Morgan fingerprint density at radius 3 is 3.00 bits per heavy atom. The van der Waals surface area contributed by atoms with Crippen molar-refractivity contribution in [1.29, 1.82) is 0 Å². The van der Waals surface area contributed by atoms with Gasteiger partial charge < -0.3 is 11.1 Å². The van der Waals surface area contributed by atoms with Crippen LogP contribution >= 0.6 is 0 Å². The lowest BCUT2D eigenvalue weighted by atomic mass is 10.1. The topological polar surface area (TPSA) is 68.2 Å². The second-order valence-electron chi connectivity index (χ2n) is 4.15. The highest BCUT2D eigenvalue weighted by molar-refractivity contribution is 5.67. The van der Waals surface area contributed by atoms with Crippen molar-refractivity contribution < 1.29 is 0 Å². The van der Waals surface area contributed by atoms with Gasteiger partial charge in [0.2, 0.25) is 0 Å². The SMILES string of the molecule is CC(C)(CN)Nc1nccn2nccc12. The number of aromatic nitrogens is 3. The standard InChI is InChI=1S/C10H15N5/c1-10(2,7-11)14-9-8-3-4-13-15(8)6-5-12-9/h3-6H,7,11H2,1-2H3,(H,12,14). The van der Waals surface area contributed by atoms with Crippen LogP contribution in [0.25, 0.3) is 5.52 Å². The third-order valence-corrected chi connectivity index (χ3v) is 2.29. The number of fused-ring (bicyclic) bond motifs is 1. The molecule has 15 heavy (non-hydrogen) atoms. The number of anilines is 1. The van der Waals surface area contributed by atoms with Crippen LogP contribution in [0.15, 0.2) is 24.7 Å². The monoisotopic (exact) mass is 205 g/mol. The molecule has 0 atom stereocenters. The molecule has 5 heteroatoms. The van der Waals surface area contributed by atoms with Crippen LogP contribution < -0.4 is 11.1 Å². The average Bonchev–Trinajstić information content (AvgIpc) is 2.66. The van der Waals surface area contributed by atoms with Crippen molar-refractivity contribution in [1.82, 2.24) is 14.6 Å². The predicted molar refractivity (Wildman–Crippen MR) is 59.7 cm³/mol. The van der Waals surface area contributed by atoms with Gasteiger partial charge in [-0.15, -0.1) is 0 Å². The van der Waals surface area contributed by atoms with Crippen LogP contribution in [-0.4, -0.2) is 26.7 Å². The lowest BCUT2D eigenvalue weighted by molar-refractivity contribution is 0.577. The molecule has 2 aromatic heterocycles. The highest BCUT2D eigenvalue weighted by Gasteiger charge is 2.16. The van der Waals surface area contributed by atoms with E-state index in [1.165, 1.54) is 0 Å². The van der Waals surface area contributed by atoms with Gasteiger partial charge in [0.15, 0.2) is 5.82 Å². The molecule has 80 valence electrons. The molecule has 0 saturated heterocycles. The Morgan fingerprint density at radius 2 is 2.27 bits per heavy atom. The van der Waals surface area contributed by atoms with Crippen LogP contribution in [0.2, 0.25) is 0 Å². The minimum atomic E-state index is -0.168. The van der Waals surface area contributed by atoms with Gasteiger partial charge in [0.1, 0.15) is 5.52 Å². The normalized spacial score (nSPS) is 11.9. The van der Waals surface area contributed by atoms with E-state index in [0.29, 0.717) is 6.54 Å². The smallest absolute Gasteiger partial charge is 0.152 e. The number of rotatable bonds is 3. The molecule has 0 aliphatic rings. The van der Waals surface area contributed by atoms with Crippen molar-refractivity contribution in [3.8, 4) is 0 Å². The van der Waals surface area contributed by atoms with E-state index in [0.717, 1.165) is 11.3 Å². The van der Waals surface area contributed by atoms with Gasteiger partial charge in [0.25, 0.3) is 0 Å². The molecule has 3 N–H and O–H groups in total. The van der Waals surface area contributed by atoms with Crippen LogP contribution in [0, 0.1) is 0 Å². The van der Waals surface area contributed by atoms with Gasteiger partial charge >= 0.3 is 0 Å². The number of hydrogen-bond acceptors (Lipinski definition) is 4. The highest BCUT2D eigenvalue weighted by atomic mass is 15.2. The van der Waals surface area contributed by atoms with Gasteiger partial charge in [-0.2, -0.15) is 5.10 Å². The van der Waals surface area contributed by atoms with Crippen LogP contribution in [0.1, 0.15) is 13.8 Å². The molecule has 2 rings (SSSR count). The Morgan fingerprint density at radius 1 is 1.47 bits per heavy atom. The maximum absolute atomic E-state index is 5.66. The molecule has 5 nitrogen and oxygen atoms in total. The summed E-state index contributed by atoms with van der Waals surface area (Å²) in [5.74, 6) is 0.811. The molecule has 2 heterocycles. The van der Waals surface area contributed by atoms with Gasteiger partial charge in [-0.3, -0.25) is 0 Å². The highest BCUT2D eigenvalue weighted by Crippen LogP contribution is 2.16. The number of hydrogen-bond donors (Lipinski definition) is 2. The zero-order chi connectivity index (χ0) is 10.9. The fourth-order valence-electron chi connectivity index (χ4n) is 1.33. The van der Waals surface area contributed by atoms with Crippen LogP contribution in [0.5, 0.6) is 0 Å². The van der Waals surface area contributed by atoms with E-state index < -0.39 is 0 Å². The molecular formula is C10H15N5. The maximum Gasteiger partial charge on any atom is 0.152 e. The fraction of sp³-hybridized carbons (Fsp3) is 0.400. The third-order valence-electron chi connectivity index (χ3n) is 2.29. The Kier molecular flexibility index (Phi) is 2.32. The molecule has 0 aromatic carbocycles. The van der Waals surface area contributed by atoms with Gasteiger partial charge in [-0.1, -0.05) is 0 Å². The molecule has 0 spiro atoms. The van der Waals surface area contributed by atoms with E-state index in [1.54, 1.807) is 16.9 Å². The molecule has 0 saturated carbocycles. The minimum Gasteiger partial charge on any atom is -0.362 e. The molecule has 2 aromatic rings. The molecule has 0 aliphatic heterocycles. The first-order chi connectivity index (χ1) is 7.12. The summed E-state index contributed by atoms with van der Waals surface area (Å²) in [6, 6.07) is 1.92. The quantitative estimate of drug-likeness (QED) is 0.780. The predicted octanol–water partition coefficient (Wildman–Crippen LogP) is 0.878. The number of nitrogens with one attached hydrogen (secondary N) is 1. The van der Waals surface area contributed by atoms with E-state index in [2.05, 4.69) is 15.4 Å². The first kappa shape index (κ1) is 9.92. The zero-order valence-electron chi connectivity index (χ0n) is 8.94. The Balaban J connectivity index is 2.39. The lowest BCUT2D eigenvalue weighted by Gasteiger charge is -2.25.